The van der Waals surface area contributed by atoms with Crippen molar-refractivity contribution in [3.63, 3.8) is 0 Å². The number of hydrogen-bond acceptors (Lipinski definition) is 2. The fourth-order valence-electron chi connectivity index (χ4n) is 3.54. The second-order valence-corrected chi connectivity index (χ2v) is 7.64. The Labute approximate surface area is 159 Å². The number of fused-ring (bicyclic) bond motifs is 1. The van der Waals surface area contributed by atoms with Gasteiger partial charge in [-0.1, -0.05) is 27.5 Å². The van der Waals surface area contributed by atoms with Gasteiger partial charge in [0, 0.05) is 34.7 Å². The van der Waals surface area contributed by atoms with Crippen LogP contribution in [-0.2, 0) is 11.2 Å². The zero-order valence-electron chi connectivity index (χ0n) is 13.5. The monoisotopic (exact) mass is 418 g/mol. The third-order valence-electron chi connectivity index (χ3n) is 4.74. The molecule has 4 nitrogen and oxygen atoms in total. The van der Waals surface area contributed by atoms with E-state index in [4.69, 9.17) is 11.6 Å². The number of hydrogen-bond donors (Lipinski definition) is 0. The zero-order valence-corrected chi connectivity index (χ0v) is 15.8. The lowest BCUT2D eigenvalue weighted by atomic mass is 10.1. The van der Waals surface area contributed by atoms with Crippen LogP contribution in [0.1, 0.15) is 28.8 Å². The molecule has 0 radical (unpaired) electrons. The summed E-state index contributed by atoms with van der Waals surface area (Å²) in [6.07, 6.45) is 2.15. The van der Waals surface area contributed by atoms with Crippen LogP contribution < -0.4 is 9.80 Å². The third kappa shape index (κ3) is 2.96. The summed E-state index contributed by atoms with van der Waals surface area (Å²) >= 11 is 9.61. The van der Waals surface area contributed by atoms with E-state index in [1.54, 1.807) is 28.0 Å². The predicted molar refractivity (Wildman–Crippen MR) is 103 cm³/mol. The standard InChI is InChI=1S/C19H16BrClN2O2/c20-13-3-6-16-12(10-13)7-9-23(16)19(25)15-5-4-14(21)11-17(15)22-8-1-2-18(22)24/h3-6,10-11H,1-2,7-9H2. The molecule has 0 bridgehead atoms. The highest BCUT2D eigenvalue weighted by Gasteiger charge is 2.31. The highest BCUT2D eigenvalue weighted by molar-refractivity contribution is 9.10. The lowest BCUT2D eigenvalue weighted by Crippen LogP contribution is -2.32. The fraction of sp³-hybridized carbons (Fsp3) is 0.263. The summed E-state index contributed by atoms with van der Waals surface area (Å²) in [7, 11) is 0. The first-order chi connectivity index (χ1) is 12.0. The summed E-state index contributed by atoms with van der Waals surface area (Å²) in [5.41, 5.74) is 3.22. The highest BCUT2D eigenvalue weighted by atomic mass is 79.9. The van der Waals surface area contributed by atoms with Gasteiger partial charge in [-0.25, -0.2) is 0 Å². The summed E-state index contributed by atoms with van der Waals surface area (Å²) in [5, 5.41) is 0.525. The number of rotatable bonds is 2. The molecule has 2 heterocycles. The molecule has 2 aliphatic rings. The number of benzene rings is 2. The molecule has 0 saturated carbocycles. The molecule has 0 N–H and O–H groups in total. The lowest BCUT2D eigenvalue weighted by molar-refractivity contribution is -0.117. The molecule has 128 valence electrons. The van der Waals surface area contributed by atoms with Crippen molar-refractivity contribution in [3.8, 4) is 0 Å². The molecule has 1 saturated heterocycles. The van der Waals surface area contributed by atoms with E-state index in [9.17, 15) is 9.59 Å². The molecule has 0 spiro atoms. The molecular formula is C19H16BrClN2O2. The minimum atomic E-state index is -0.0903. The number of carbonyl (C=O) groups excluding carboxylic acids is 2. The Morgan fingerprint density at radius 3 is 2.64 bits per heavy atom. The van der Waals surface area contributed by atoms with Gasteiger partial charge in [-0.05, 0) is 54.8 Å². The van der Waals surface area contributed by atoms with Crippen LogP contribution in [0.3, 0.4) is 0 Å². The fourth-order valence-corrected chi connectivity index (χ4v) is 4.11. The molecule has 25 heavy (non-hydrogen) atoms. The van der Waals surface area contributed by atoms with Crippen LogP contribution in [0.5, 0.6) is 0 Å². The molecule has 2 aliphatic heterocycles. The van der Waals surface area contributed by atoms with E-state index in [1.807, 2.05) is 12.1 Å². The van der Waals surface area contributed by atoms with E-state index in [-0.39, 0.29) is 11.8 Å². The largest absolute Gasteiger partial charge is 0.312 e. The number of anilines is 2. The second-order valence-electron chi connectivity index (χ2n) is 6.29. The van der Waals surface area contributed by atoms with Gasteiger partial charge in [-0.2, -0.15) is 0 Å². The summed E-state index contributed by atoms with van der Waals surface area (Å²) < 4.78 is 1.01. The Balaban J connectivity index is 1.74. The first kappa shape index (κ1) is 16.6. The van der Waals surface area contributed by atoms with E-state index in [0.717, 1.165) is 28.6 Å². The first-order valence-corrected chi connectivity index (χ1v) is 9.42. The van der Waals surface area contributed by atoms with Gasteiger partial charge in [0.2, 0.25) is 5.91 Å². The molecule has 4 rings (SSSR count). The maximum atomic E-state index is 13.2. The van der Waals surface area contributed by atoms with Gasteiger partial charge in [0.15, 0.2) is 0 Å². The predicted octanol–water partition coefficient (Wildman–Crippen LogP) is 4.43. The van der Waals surface area contributed by atoms with Gasteiger partial charge < -0.3 is 9.80 Å². The van der Waals surface area contributed by atoms with E-state index in [2.05, 4.69) is 22.0 Å². The smallest absolute Gasteiger partial charge is 0.260 e. The van der Waals surface area contributed by atoms with Gasteiger partial charge in [-0.3, -0.25) is 9.59 Å². The Morgan fingerprint density at radius 1 is 1.04 bits per heavy atom. The first-order valence-electron chi connectivity index (χ1n) is 8.25. The van der Waals surface area contributed by atoms with Crippen molar-refractivity contribution < 1.29 is 9.59 Å². The maximum Gasteiger partial charge on any atom is 0.260 e. The van der Waals surface area contributed by atoms with Gasteiger partial charge in [0.05, 0.1) is 11.3 Å². The van der Waals surface area contributed by atoms with Crippen molar-refractivity contribution in [1.29, 1.82) is 0 Å². The van der Waals surface area contributed by atoms with Crippen molar-refractivity contribution in [2.24, 2.45) is 0 Å². The van der Waals surface area contributed by atoms with Crippen molar-refractivity contribution >= 4 is 50.7 Å². The molecule has 0 aromatic heterocycles. The summed E-state index contributed by atoms with van der Waals surface area (Å²) in [5.74, 6) is -0.0468. The highest BCUT2D eigenvalue weighted by Crippen LogP contribution is 2.35. The minimum Gasteiger partial charge on any atom is -0.312 e. The number of nitrogens with zero attached hydrogens (tertiary/aromatic N) is 2. The number of carbonyl (C=O) groups is 2. The quantitative estimate of drug-likeness (QED) is 0.722. The van der Waals surface area contributed by atoms with Crippen LogP contribution in [0.4, 0.5) is 11.4 Å². The number of amides is 2. The molecule has 0 aliphatic carbocycles. The Bertz CT molecular complexity index is 884. The van der Waals surface area contributed by atoms with Crippen LogP contribution in [0, 0.1) is 0 Å². The summed E-state index contributed by atoms with van der Waals surface area (Å²) in [4.78, 5) is 28.9. The van der Waals surface area contributed by atoms with Crippen LogP contribution >= 0.6 is 27.5 Å². The van der Waals surface area contributed by atoms with Crippen LogP contribution in [0.15, 0.2) is 40.9 Å². The van der Waals surface area contributed by atoms with Crippen LogP contribution in [0.2, 0.25) is 5.02 Å². The van der Waals surface area contributed by atoms with Gasteiger partial charge in [0.25, 0.3) is 5.91 Å². The van der Waals surface area contributed by atoms with Gasteiger partial charge >= 0.3 is 0 Å². The molecule has 1 fully saturated rings. The average molecular weight is 420 g/mol. The molecule has 2 aromatic carbocycles. The normalized spacial score (nSPS) is 16.5. The van der Waals surface area contributed by atoms with E-state index in [0.29, 0.717) is 35.8 Å². The molecule has 0 atom stereocenters. The van der Waals surface area contributed by atoms with E-state index < -0.39 is 0 Å². The van der Waals surface area contributed by atoms with Gasteiger partial charge in [-0.15, -0.1) is 0 Å². The summed E-state index contributed by atoms with van der Waals surface area (Å²) in [6, 6.07) is 11.1. The lowest BCUT2D eigenvalue weighted by Gasteiger charge is -2.23. The van der Waals surface area contributed by atoms with Crippen LogP contribution in [0.25, 0.3) is 0 Å². The number of halogens is 2. The second kappa shape index (κ2) is 6.46. The van der Waals surface area contributed by atoms with Crippen molar-refractivity contribution in [2.75, 3.05) is 22.9 Å². The molecule has 2 aromatic rings. The van der Waals surface area contributed by atoms with E-state index >= 15 is 0 Å². The Morgan fingerprint density at radius 2 is 1.88 bits per heavy atom. The Kier molecular flexibility index (Phi) is 4.29. The van der Waals surface area contributed by atoms with Crippen molar-refractivity contribution in [3.05, 3.63) is 57.0 Å². The SMILES string of the molecule is O=C(c1ccc(Cl)cc1N1CCCC1=O)N1CCc2cc(Br)ccc21. The summed E-state index contributed by atoms with van der Waals surface area (Å²) in [6.45, 7) is 1.27. The van der Waals surface area contributed by atoms with Crippen molar-refractivity contribution in [1.82, 2.24) is 0 Å². The molecule has 0 unspecified atom stereocenters. The molecule has 6 heteroatoms. The zero-order chi connectivity index (χ0) is 17.6. The van der Waals surface area contributed by atoms with E-state index in [1.165, 1.54) is 0 Å². The topological polar surface area (TPSA) is 40.6 Å². The maximum absolute atomic E-state index is 13.2. The van der Waals surface area contributed by atoms with Crippen molar-refractivity contribution in [2.45, 2.75) is 19.3 Å². The molecular weight excluding hydrogens is 404 g/mol. The van der Waals surface area contributed by atoms with Crippen LogP contribution in [-0.4, -0.2) is 24.9 Å². The third-order valence-corrected chi connectivity index (χ3v) is 5.46. The minimum absolute atomic E-state index is 0.0436. The van der Waals surface area contributed by atoms with Gasteiger partial charge in [0.1, 0.15) is 0 Å². The Hall–Kier alpha value is -1.85. The molecule has 2 amide bonds. The average Bonchev–Trinajstić information content (AvgIpc) is 3.19.